The zero-order valence-electron chi connectivity index (χ0n) is 15.0. The predicted molar refractivity (Wildman–Crippen MR) is 97.4 cm³/mol. The first-order valence-corrected chi connectivity index (χ1v) is 9.12. The molecule has 1 aliphatic rings. The molecule has 1 amide bonds. The van der Waals surface area contributed by atoms with E-state index >= 15 is 0 Å². The van der Waals surface area contributed by atoms with Crippen LogP contribution in [0.3, 0.4) is 0 Å². The van der Waals surface area contributed by atoms with Gasteiger partial charge in [0.25, 0.3) is 5.91 Å². The Bertz CT molecular complexity index is 809. The van der Waals surface area contributed by atoms with E-state index in [4.69, 9.17) is 9.26 Å². The molecule has 1 N–H and O–H groups in total. The molecule has 138 valence electrons. The number of esters is 1. The molecule has 0 saturated heterocycles. The highest BCUT2D eigenvalue weighted by Gasteiger charge is 2.20. The maximum atomic E-state index is 12.1. The number of benzene rings is 1. The first kappa shape index (κ1) is 18.2. The standard InChI is InChI=1S/C20H24N2O4/c1-14(20(24)21-12-11-15-7-3-2-4-8-15)25-19(23)13-17-16-9-5-6-10-18(16)26-22-17/h5-7,9-10,14H,2-4,8,11-13H2,1H3,(H,21,24)/t14-/m1/s1. The van der Waals surface area contributed by atoms with Gasteiger partial charge in [-0.15, -0.1) is 0 Å². The fourth-order valence-corrected chi connectivity index (χ4v) is 3.12. The number of carbonyl (C=O) groups excluding carboxylic acids is 2. The minimum atomic E-state index is -0.832. The molecule has 0 radical (unpaired) electrons. The van der Waals surface area contributed by atoms with Crippen LogP contribution in [0.2, 0.25) is 0 Å². The van der Waals surface area contributed by atoms with Crippen molar-refractivity contribution >= 4 is 22.8 Å². The summed E-state index contributed by atoms with van der Waals surface area (Å²) in [6, 6.07) is 7.32. The van der Waals surface area contributed by atoms with Crippen molar-refractivity contribution in [3.8, 4) is 0 Å². The summed E-state index contributed by atoms with van der Waals surface area (Å²) in [7, 11) is 0. The highest BCUT2D eigenvalue weighted by Crippen LogP contribution is 2.20. The van der Waals surface area contributed by atoms with Crippen LogP contribution < -0.4 is 5.32 Å². The van der Waals surface area contributed by atoms with Gasteiger partial charge < -0.3 is 14.6 Å². The number of rotatable bonds is 7. The Balaban J connectivity index is 1.44. The Morgan fingerprint density at radius 3 is 2.96 bits per heavy atom. The number of hydrogen-bond donors (Lipinski definition) is 1. The van der Waals surface area contributed by atoms with Crippen molar-refractivity contribution in [3.05, 3.63) is 41.6 Å². The van der Waals surface area contributed by atoms with Crippen LogP contribution in [0.25, 0.3) is 11.0 Å². The summed E-state index contributed by atoms with van der Waals surface area (Å²) < 4.78 is 10.4. The number of para-hydroxylation sites is 1. The summed E-state index contributed by atoms with van der Waals surface area (Å²) in [5.74, 6) is -0.776. The van der Waals surface area contributed by atoms with E-state index < -0.39 is 12.1 Å². The number of amides is 1. The lowest BCUT2D eigenvalue weighted by atomic mass is 9.97. The molecular formula is C20H24N2O4. The smallest absolute Gasteiger partial charge is 0.312 e. The van der Waals surface area contributed by atoms with Gasteiger partial charge in [0.2, 0.25) is 0 Å². The van der Waals surface area contributed by atoms with Crippen molar-refractivity contribution in [2.24, 2.45) is 0 Å². The fourth-order valence-electron chi connectivity index (χ4n) is 3.12. The first-order chi connectivity index (χ1) is 12.6. The molecule has 0 fully saturated rings. The van der Waals surface area contributed by atoms with Crippen LogP contribution in [0, 0.1) is 0 Å². The summed E-state index contributed by atoms with van der Waals surface area (Å²) >= 11 is 0. The summed E-state index contributed by atoms with van der Waals surface area (Å²) in [6.45, 7) is 2.15. The predicted octanol–water partition coefficient (Wildman–Crippen LogP) is 3.31. The zero-order chi connectivity index (χ0) is 18.4. The van der Waals surface area contributed by atoms with E-state index in [9.17, 15) is 9.59 Å². The second-order valence-corrected chi connectivity index (χ2v) is 6.58. The van der Waals surface area contributed by atoms with Crippen LogP contribution in [-0.4, -0.2) is 29.7 Å². The third-order valence-electron chi connectivity index (χ3n) is 4.57. The highest BCUT2D eigenvalue weighted by molar-refractivity contribution is 5.86. The number of aromatic nitrogens is 1. The number of allylic oxidation sites excluding steroid dienone is 1. The average Bonchev–Trinajstić information content (AvgIpc) is 3.05. The number of hydrogen-bond acceptors (Lipinski definition) is 5. The summed E-state index contributed by atoms with van der Waals surface area (Å²) in [6.07, 6.45) is 7.00. The monoisotopic (exact) mass is 356 g/mol. The van der Waals surface area contributed by atoms with Crippen molar-refractivity contribution in [1.82, 2.24) is 10.5 Å². The SMILES string of the molecule is C[C@@H](OC(=O)Cc1noc2ccccc12)C(=O)NCCC1=CCCCC1. The molecule has 0 spiro atoms. The van der Waals surface area contributed by atoms with Gasteiger partial charge in [0.05, 0.1) is 6.42 Å². The topological polar surface area (TPSA) is 81.4 Å². The normalized spacial score (nSPS) is 15.3. The molecule has 0 aliphatic heterocycles. The number of nitrogens with one attached hydrogen (secondary N) is 1. The lowest BCUT2D eigenvalue weighted by Crippen LogP contribution is -2.36. The van der Waals surface area contributed by atoms with Crippen LogP contribution in [0.4, 0.5) is 0 Å². The third kappa shape index (κ3) is 4.71. The first-order valence-electron chi connectivity index (χ1n) is 9.12. The summed E-state index contributed by atoms with van der Waals surface area (Å²) in [4.78, 5) is 24.2. The Kier molecular flexibility index (Phi) is 6.04. The minimum Gasteiger partial charge on any atom is -0.452 e. The number of fused-ring (bicyclic) bond motifs is 1. The molecule has 0 unspecified atom stereocenters. The lowest BCUT2D eigenvalue weighted by molar-refractivity contribution is -0.154. The lowest BCUT2D eigenvalue weighted by Gasteiger charge is -2.15. The highest BCUT2D eigenvalue weighted by atomic mass is 16.5. The van der Waals surface area contributed by atoms with Gasteiger partial charge in [-0.1, -0.05) is 28.9 Å². The summed E-state index contributed by atoms with van der Waals surface area (Å²) in [5.41, 5.74) is 2.54. The Morgan fingerprint density at radius 2 is 2.15 bits per heavy atom. The number of nitrogens with zero attached hydrogens (tertiary/aromatic N) is 1. The second-order valence-electron chi connectivity index (χ2n) is 6.58. The molecule has 1 aromatic heterocycles. The van der Waals surface area contributed by atoms with E-state index in [1.165, 1.54) is 18.4 Å². The van der Waals surface area contributed by atoms with Gasteiger partial charge in [-0.05, 0) is 51.2 Å². The molecule has 0 saturated carbocycles. The molecular weight excluding hydrogens is 332 g/mol. The fraction of sp³-hybridized carbons (Fsp3) is 0.450. The molecule has 26 heavy (non-hydrogen) atoms. The quantitative estimate of drug-likeness (QED) is 0.608. The molecule has 1 atom stereocenters. The molecule has 3 rings (SSSR count). The van der Waals surface area contributed by atoms with Gasteiger partial charge in [0, 0.05) is 11.9 Å². The van der Waals surface area contributed by atoms with Gasteiger partial charge in [0.1, 0.15) is 5.69 Å². The Morgan fingerprint density at radius 1 is 1.31 bits per heavy atom. The van der Waals surface area contributed by atoms with Gasteiger partial charge in [-0.3, -0.25) is 9.59 Å². The van der Waals surface area contributed by atoms with Crippen LogP contribution in [-0.2, 0) is 20.7 Å². The van der Waals surface area contributed by atoms with Crippen molar-refractivity contribution in [2.45, 2.75) is 51.6 Å². The van der Waals surface area contributed by atoms with Crippen molar-refractivity contribution in [2.75, 3.05) is 6.54 Å². The molecule has 1 aromatic carbocycles. The van der Waals surface area contributed by atoms with E-state index in [-0.39, 0.29) is 12.3 Å². The molecule has 6 heteroatoms. The van der Waals surface area contributed by atoms with E-state index in [0.29, 0.717) is 17.8 Å². The Labute approximate surface area is 152 Å². The maximum Gasteiger partial charge on any atom is 0.312 e. The number of carbonyl (C=O) groups is 2. The molecule has 2 aromatic rings. The van der Waals surface area contributed by atoms with E-state index in [1.807, 2.05) is 18.2 Å². The van der Waals surface area contributed by atoms with Crippen LogP contribution in [0.5, 0.6) is 0 Å². The van der Waals surface area contributed by atoms with E-state index in [1.54, 1.807) is 13.0 Å². The molecule has 1 aliphatic carbocycles. The van der Waals surface area contributed by atoms with Crippen LogP contribution in [0.15, 0.2) is 40.4 Å². The summed E-state index contributed by atoms with van der Waals surface area (Å²) in [5, 5.41) is 7.52. The average molecular weight is 356 g/mol. The van der Waals surface area contributed by atoms with Gasteiger partial charge in [0.15, 0.2) is 11.7 Å². The van der Waals surface area contributed by atoms with Crippen LogP contribution >= 0.6 is 0 Å². The number of ether oxygens (including phenoxy) is 1. The maximum absolute atomic E-state index is 12.1. The van der Waals surface area contributed by atoms with Crippen molar-refractivity contribution in [1.29, 1.82) is 0 Å². The van der Waals surface area contributed by atoms with Crippen LogP contribution in [0.1, 0.15) is 44.7 Å². The van der Waals surface area contributed by atoms with Gasteiger partial charge in [-0.25, -0.2) is 0 Å². The van der Waals surface area contributed by atoms with E-state index in [2.05, 4.69) is 16.5 Å². The van der Waals surface area contributed by atoms with Crippen molar-refractivity contribution < 1.29 is 18.8 Å². The van der Waals surface area contributed by atoms with Crippen molar-refractivity contribution in [3.63, 3.8) is 0 Å². The molecule has 6 nitrogen and oxygen atoms in total. The van der Waals surface area contributed by atoms with E-state index in [0.717, 1.165) is 24.6 Å². The minimum absolute atomic E-state index is 0.0263. The molecule has 0 bridgehead atoms. The zero-order valence-corrected chi connectivity index (χ0v) is 15.0. The third-order valence-corrected chi connectivity index (χ3v) is 4.57. The van der Waals surface area contributed by atoms with Gasteiger partial charge >= 0.3 is 5.97 Å². The van der Waals surface area contributed by atoms with Gasteiger partial charge in [-0.2, -0.15) is 0 Å². The molecule has 1 heterocycles. The Hall–Kier alpha value is -2.63. The largest absolute Gasteiger partial charge is 0.452 e. The second kappa shape index (κ2) is 8.65.